The Balaban J connectivity index is 1.68. The van der Waals surface area contributed by atoms with Gasteiger partial charge in [0.15, 0.2) is 22.1 Å². The molecule has 9 heteroatoms. The number of carbonyl (C=O) groups excluding carboxylic acids is 1. The van der Waals surface area contributed by atoms with Crippen LogP contribution in [0, 0.1) is 4.77 Å². The second kappa shape index (κ2) is 8.90. The molecule has 28 heavy (non-hydrogen) atoms. The number of benzene rings is 2. The lowest BCUT2D eigenvalue weighted by atomic mass is 10.2. The van der Waals surface area contributed by atoms with Gasteiger partial charge < -0.3 is 19.4 Å². The zero-order valence-electron chi connectivity index (χ0n) is 15.4. The molecular formula is C19H19ClN4O3S. The lowest BCUT2D eigenvalue weighted by Crippen LogP contribution is -2.24. The number of H-pyrrole nitrogens is 1. The zero-order chi connectivity index (χ0) is 20.1. The van der Waals surface area contributed by atoms with E-state index in [-0.39, 0.29) is 12.5 Å². The summed E-state index contributed by atoms with van der Waals surface area (Å²) in [7, 11) is 3.30. The molecule has 0 bridgehead atoms. The summed E-state index contributed by atoms with van der Waals surface area (Å²) in [6.07, 6.45) is 0. The first-order valence-electron chi connectivity index (χ1n) is 8.42. The van der Waals surface area contributed by atoms with Crippen LogP contribution in [0.2, 0.25) is 5.02 Å². The molecule has 0 aliphatic rings. The van der Waals surface area contributed by atoms with Crippen LogP contribution in [0.3, 0.4) is 0 Å². The highest BCUT2D eigenvalue weighted by Gasteiger charge is 2.13. The largest absolute Gasteiger partial charge is 0.493 e. The summed E-state index contributed by atoms with van der Waals surface area (Å²) in [5, 5.41) is 10.2. The predicted molar refractivity (Wildman–Crippen MR) is 108 cm³/mol. The molecule has 7 nitrogen and oxygen atoms in total. The van der Waals surface area contributed by atoms with Crippen LogP contribution in [0.15, 0.2) is 42.5 Å². The van der Waals surface area contributed by atoms with Crippen molar-refractivity contribution in [1.82, 2.24) is 20.1 Å². The highest BCUT2D eigenvalue weighted by Crippen LogP contribution is 2.29. The molecule has 0 atom stereocenters. The maximum Gasteiger partial charge on any atom is 0.251 e. The summed E-state index contributed by atoms with van der Waals surface area (Å²) in [6.45, 7) is 0.538. The SMILES string of the molecule is COc1cc(C(=O)NCc2n[nH]c(=S)n2C)ccc1OCc1ccccc1Cl. The first-order valence-corrected chi connectivity index (χ1v) is 9.21. The summed E-state index contributed by atoms with van der Waals surface area (Å²) in [4.78, 5) is 12.4. The second-order valence-electron chi connectivity index (χ2n) is 5.93. The molecule has 0 radical (unpaired) electrons. The third kappa shape index (κ3) is 4.52. The number of methoxy groups -OCH3 is 1. The number of aromatic nitrogens is 3. The zero-order valence-corrected chi connectivity index (χ0v) is 16.9. The molecule has 3 aromatic rings. The molecule has 0 aliphatic carbocycles. The number of nitrogens with zero attached hydrogens (tertiary/aromatic N) is 2. The van der Waals surface area contributed by atoms with E-state index in [2.05, 4.69) is 15.5 Å². The van der Waals surface area contributed by atoms with E-state index in [0.29, 0.717) is 39.3 Å². The summed E-state index contributed by atoms with van der Waals surface area (Å²) >= 11 is 11.2. The Bertz CT molecular complexity index is 1050. The summed E-state index contributed by atoms with van der Waals surface area (Å²) in [5.74, 6) is 1.35. The highest BCUT2D eigenvalue weighted by atomic mass is 35.5. The Morgan fingerprint density at radius 1 is 1.29 bits per heavy atom. The van der Waals surface area contributed by atoms with E-state index < -0.39 is 0 Å². The van der Waals surface area contributed by atoms with Gasteiger partial charge in [0.2, 0.25) is 0 Å². The Morgan fingerprint density at radius 3 is 2.75 bits per heavy atom. The maximum absolute atomic E-state index is 12.4. The van der Waals surface area contributed by atoms with Crippen molar-refractivity contribution in [2.24, 2.45) is 7.05 Å². The minimum Gasteiger partial charge on any atom is -0.493 e. The Kier molecular flexibility index (Phi) is 6.33. The van der Waals surface area contributed by atoms with E-state index in [1.54, 1.807) is 35.9 Å². The number of halogens is 1. The molecule has 2 aromatic carbocycles. The van der Waals surface area contributed by atoms with Crippen LogP contribution < -0.4 is 14.8 Å². The number of nitrogens with one attached hydrogen (secondary N) is 2. The van der Waals surface area contributed by atoms with E-state index in [0.717, 1.165) is 5.56 Å². The molecule has 1 aromatic heterocycles. The average molecular weight is 419 g/mol. The second-order valence-corrected chi connectivity index (χ2v) is 6.73. The minimum atomic E-state index is -0.259. The Labute approximate surface area is 172 Å². The average Bonchev–Trinajstić information content (AvgIpc) is 3.03. The standard InChI is InChI=1S/C19H19ClN4O3S/c1-24-17(22-23-19(24)28)10-21-18(25)12-7-8-15(16(9-12)26-2)27-11-13-5-3-4-6-14(13)20/h3-9H,10-11H2,1-2H3,(H,21,25)(H,23,28). The fourth-order valence-corrected chi connectivity index (χ4v) is 2.84. The van der Waals surface area contributed by atoms with Crippen LogP contribution in [0.4, 0.5) is 0 Å². The van der Waals surface area contributed by atoms with Gasteiger partial charge in [-0.05, 0) is 36.5 Å². The van der Waals surface area contributed by atoms with Crippen molar-refractivity contribution in [2.45, 2.75) is 13.2 Å². The normalized spacial score (nSPS) is 10.5. The van der Waals surface area contributed by atoms with Gasteiger partial charge in [0.1, 0.15) is 6.61 Å². The number of ether oxygens (including phenoxy) is 2. The summed E-state index contributed by atoms with van der Waals surface area (Å²) in [5.41, 5.74) is 1.31. The predicted octanol–water partition coefficient (Wildman–Crippen LogP) is 3.65. The molecule has 2 N–H and O–H groups in total. The number of amides is 1. The Hall–Kier alpha value is -2.84. The molecule has 0 aliphatic heterocycles. The molecule has 0 saturated carbocycles. The lowest BCUT2D eigenvalue weighted by Gasteiger charge is -2.13. The fraction of sp³-hybridized carbons (Fsp3) is 0.211. The van der Waals surface area contributed by atoms with Crippen molar-refractivity contribution in [3.05, 3.63) is 69.2 Å². The molecule has 0 saturated heterocycles. The number of carbonyl (C=O) groups is 1. The lowest BCUT2D eigenvalue weighted by molar-refractivity contribution is 0.0949. The van der Waals surface area contributed by atoms with E-state index in [1.807, 2.05) is 18.2 Å². The van der Waals surface area contributed by atoms with Gasteiger partial charge in [-0.3, -0.25) is 9.89 Å². The number of hydrogen-bond donors (Lipinski definition) is 2. The smallest absolute Gasteiger partial charge is 0.251 e. The van der Waals surface area contributed by atoms with Gasteiger partial charge in [-0.2, -0.15) is 5.10 Å². The number of rotatable bonds is 7. The molecular weight excluding hydrogens is 400 g/mol. The molecule has 0 fully saturated rings. The van der Waals surface area contributed by atoms with Crippen LogP contribution in [-0.4, -0.2) is 27.8 Å². The fourth-order valence-electron chi connectivity index (χ4n) is 2.50. The number of hydrogen-bond acceptors (Lipinski definition) is 5. The van der Waals surface area contributed by atoms with Gasteiger partial charge in [0.05, 0.1) is 13.7 Å². The molecule has 0 spiro atoms. The van der Waals surface area contributed by atoms with Crippen molar-refractivity contribution in [3.63, 3.8) is 0 Å². The van der Waals surface area contributed by atoms with E-state index >= 15 is 0 Å². The van der Waals surface area contributed by atoms with Crippen molar-refractivity contribution in [1.29, 1.82) is 0 Å². The quantitative estimate of drug-likeness (QED) is 0.572. The van der Waals surface area contributed by atoms with Gasteiger partial charge in [-0.25, -0.2) is 0 Å². The molecule has 0 unspecified atom stereocenters. The molecule has 146 valence electrons. The van der Waals surface area contributed by atoms with Gasteiger partial charge >= 0.3 is 0 Å². The molecule has 3 rings (SSSR count). The van der Waals surface area contributed by atoms with Crippen LogP contribution in [0.5, 0.6) is 11.5 Å². The van der Waals surface area contributed by atoms with Crippen molar-refractivity contribution < 1.29 is 14.3 Å². The first kappa shape index (κ1) is 19.9. The van der Waals surface area contributed by atoms with Gasteiger partial charge in [0.25, 0.3) is 5.91 Å². The van der Waals surface area contributed by atoms with Crippen LogP contribution >= 0.6 is 23.8 Å². The van der Waals surface area contributed by atoms with Crippen LogP contribution in [0.1, 0.15) is 21.7 Å². The van der Waals surface area contributed by atoms with Crippen LogP contribution in [-0.2, 0) is 20.2 Å². The highest BCUT2D eigenvalue weighted by molar-refractivity contribution is 7.71. The van der Waals surface area contributed by atoms with Crippen molar-refractivity contribution in [3.8, 4) is 11.5 Å². The number of aromatic amines is 1. The van der Waals surface area contributed by atoms with Crippen LogP contribution in [0.25, 0.3) is 0 Å². The summed E-state index contributed by atoms with van der Waals surface area (Å²) in [6, 6.07) is 12.4. The topological polar surface area (TPSA) is 81.2 Å². The third-order valence-corrected chi connectivity index (χ3v) is 4.88. The molecule has 1 amide bonds. The van der Waals surface area contributed by atoms with E-state index in [9.17, 15) is 4.79 Å². The van der Waals surface area contributed by atoms with Gasteiger partial charge in [0, 0.05) is 23.2 Å². The maximum atomic E-state index is 12.4. The molecule has 1 heterocycles. The third-order valence-electron chi connectivity index (χ3n) is 4.15. The van der Waals surface area contributed by atoms with E-state index in [1.165, 1.54) is 7.11 Å². The first-order chi connectivity index (χ1) is 13.5. The van der Waals surface area contributed by atoms with Crippen molar-refractivity contribution in [2.75, 3.05) is 7.11 Å². The Morgan fingerprint density at radius 2 is 2.07 bits per heavy atom. The van der Waals surface area contributed by atoms with Gasteiger partial charge in [-0.1, -0.05) is 29.8 Å². The van der Waals surface area contributed by atoms with E-state index in [4.69, 9.17) is 33.3 Å². The monoisotopic (exact) mass is 418 g/mol. The van der Waals surface area contributed by atoms with Crippen molar-refractivity contribution >= 4 is 29.7 Å². The summed E-state index contributed by atoms with van der Waals surface area (Å²) < 4.78 is 13.4. The van der Waals surface area contributed by atoms with Gasteiger partial charge in [-0.15, -0.1) is 0 Å². The minimum absolute atomic E-state index is 0.246.